The standard InChI is InChI=1S/C30H41N3/c1-29(2,24-16-9-11-18-26(24)32-5)21-13-7-6-8-20-28-30(3,4)25-17-10-12-19-27(25)33(28)23-15-14-22-31/h6-13,16-20,32H,14-15,21-23,31H2,1-5H3/b8-6+,13-7+,28-20+. The molecule has 0 atom stereocenters. The van der Waals surface area contributed by atoms with Gasteiger partial charge in [-0.05, 0) is 60.6 Å². The van der Waals surface area contributed by atoms with Crippen molar-refractivity contribution in [2.45, 2.75) is 57.8 Å². The van der Waals surface area contributed by atoms with Crippen molar-refractivity contribution < 1.29 is 0 Å². The van der Waals surface area contributed by atoms with Crippen LogP contribution < -0.4 is 16.0 Å². The fourth-order valence-corrected chi connectivity index (χ4v) is 4.85. The molecule has 3 N–H and O–H groups in total. The average molecular weight is 444 g/mol. The van der Waals surface area contributed by atoms with E-state index >= 15 is 0 Å². The van der Waals surface area contributed by atoms with Crippen LogP contribution in [0.1, 0.15) is 58.1 Å². The predicted octanol–water partition coefficient (Wildman–Crippen LogP) is 6.93. The van der Waals surface area contributed by atoms with Crippen molar-refractivity contribution in [3.8, 4) is 0 Å². The van der Waals surface area contributed by atoms with E-state index in [9.17, 15) is 0 Å². The Morgan fingerprint density at radius 1 is 0.970 bits per heavy atom. The summed E-state index contributed by atoms with van der Waals surface area (Å²) in [7, 11) is 1.99. The Hall–Kier alpha value is -2.78. The summed E-state index contributed by atoms with van der Waals surface area (Å²) in [5.74, 6) is 0. The molecule has 2 aromatic carbocycles. The monoisotopic (exact) mass is 443 g/mol. The minimum Gasteiger partial charge on any atom is -0.388 e. The van der Waals surface area contributed by atoms with E-state index in [1.165, 1.54) is 28.2 Å². The van der Waals surface area contributed by atoms with Crippen LogP contribution in [0.15, 0.2) is 84.6 Å². The number of unbranched alkanes of at least 4 members (excludes halogenated alkanes) is 1. The SMILES string of the molecule is CNc1ccccc1C(C)(C)C/C=C/C=C/C=C1/N(CCCCN)c2ccccc2C1(C)C. The van der Waals surface area contributed by atoms with Crippen molar-refractivity contribution >= 4 is 11.4 Å². The summed E-state index contributed by atoms with van der Waals surface area (Å²) in [6, 6.07) is 17.4. The highest BCUT2D eigenvalue weighted by Gasteiger charge is 2.39. The summed E-state index contributed by atoms with van der Waals surface area (Å²) in [5, 5.41) is 3.32. The number of nitrogens with zero attached hydrogens (tertiary/aromatic N) is 1. The van der Waals surface area contributed by atoms with Crippen LogP contribution in [-0.4, -0.2) is 20.1 Å². The highest BCUT2D eigenvalue weighted by atomic mass is 15.2. The van der Waals surface area contributed by atoms with Crippen molar-refractivity contribution in [2.75, 3.05) is 30.4 Å². The van der Waals surface area contributed by atoms with Gasteiger partial charge >= 0.3 is 0 Å². The average Bonchev–Trinajstić information content (AvgIpc) is 3.02. The Labute approximate surface area is 201 Å². The van der Waals surface area contributed by atoms with Crippen LogP contribution >= 0.6 is 0 Å². The highest BCUT2D eigenvalue weighted by molar-refractivity contribution is 5.70. The normalized spacial score (nSPS) is 16.8. The summed E-state index contributed by atoms with van der Waals surface area (Å²) < 4.78 is 0. The molecule has 0 unspecified atom stereocenters. The molecule has 0 amide bonds. The molecule has 0 saturated heterocycles. The van der Waals surface area contributed by atoms with Crippen molar-refractivity contribution in [2.24, 2.45) is 5.73 Å². The fourth-order valence-electron chi connectivity index (χ4n) is 4.85. The Kier molecular flexibility index (Phi) is 8.20. The Morgan fingerprint density at radius 2 is 1.70 bits per heavy atom. The maximum absolute atomic E-state index is 5.75. The Bertz CT molecular complexity index is 1010. The molecule has 2 aromatic rings. The van der Waals surface area contributed by atoms with Gasteiger partial charge in [0.15, 0.2) is 0 Å². The third kappa shape index (κ3) is 5.59. The van der Waals surface area contributed by atoms with Crippen molar-refractivity contribution in [3.63, 3.8) is 0 Å². The molecular formula is C30H41N3. The smallest absolute Gasteiger partial charge is 0.0450 e. The van der Waals surface area contributed by atoms with E-state index in [1.807, 2.05) is 7.05 Å². The molecule has 33 heavy (non-hydrogen) atoms. The van der Waals surface area contributed by atoms with E-state index in [4.69, 9.17) is 5.73 Å². The van der Waals surface area contributed by atoms with Crippen LogP contribution in [0.5, 0.6) is 0 Å². The van der Waals surface area contributed by atoms with Crippen molar-refractivity contribution in [1.29, 1.82) is 0 Å². The number of para-hydroxylation sites is 2. The molecule has 0 radical (unpaired) electrons. The first-order chi connectivity index (χ1) is 15.8. The van der Waals surface area contributed by atoms with Crippen LogP contribution in [0.3, 0.4) is 0 Å². The van der Waals surface area contributed by atoms with E-state index < -0.39 is 0 Å². The number of anilines is 2. The molecule has 3 nitrogen and oxygen atoms in total. The molecule has 3 heteroatoms. The number of allylic oxidation sites excluding steroid dienone is 6. The first-order valence-corrected chi connectivity index (χ1v) is 12.2. The van der Waals surface area contributed by atoms with Gasteiger partial charge in [0, 0.05) is 36.1 Å². The maximum atomic E-state index is 5.75. The van der Waals surface area contributed by atoms with Gasteiger partial charge < -0.3 is 16.0 Å². The minimum atomic E-state index is -0.00772. The predicted molar refractivity (Wildman–Crippen MR) is 145 cm³/mol. The van der Waals surface area contributed by atoms with Gasteiger partial charge in [-0.25, -0.2) is 0 Å². The topological polar surface area (TPSA) is 41.3 Å². The van der Waals surface area contributed by atoms with Crippen LogP contribution in [0.25, 0.3) is 0 Å². The molecule has 0 saturated carbocycles. The Balaban J connectivity index is 1.73. The lowest BCUT2D eigenvalue weighted by atomic mass is 9.80. The van der Waals surface area contributed by atoms with Crippen molar-refractivity contribution in [3.05, 3.63) is 95.7 Å². The van der Waals surface area contributed by atoms with E-state index in [0.717, 1.165) is 32.4 Å². The second kappa shape index (κ2) is 10.9. The van der Waals surface area contributed by atoms with Gasteiger partial charge in [0.2, 0.25) is 0 Å². The van der Waals surface area contributed by atoms with Gasteiger partial charge in [-0.3, -0.25) is 0 Å². The molecule has 1 heterocycles. The van der Waals surface area contributed by atoms with Gasteiger partial charge in [-0.15, -0.1) is 0 Å². The first kappa shape index (κ1) is 24.9. The van der Waals surface area contributed by atoms with Gasteiger partial charge in [0.05, 0.1) is 0 Å². The van der Waals surface area contributed by atoms with Crippen LogP contribution in [0.4, 0.5) is 11.4 Å². The highest BCUT2D eigenvalue weighted by Crippen LogP contribution is 2.47. The first-order valence-electron chi connectivity index (χ1n) is 12.2. The molecule has 1 aliphatic rings. The van der Waals surface area contributed by atoms with Crippen LogP contribution in [0, 0.1) is 0 Å². The zero-order valence-electron chi connectivity index (χ0n) is 21.1. The van der Waals surface area contributed by atoms with Crippen molar-refractivity contribution in [1.82, 2.24) is 0 Å². The van der Waals surface area contributed by atoms with E-state index in [2.05, 4.69) is 117 Å². The molecule has 0 aliphatic carbocycles. The van der Waals surface area contributed by atoms with Gasteiger partial charge in [-0.2, -0.15) is 0 Å². The maximum Gasteiger partial charge on any atom is 0.0450 e. The Morgan fingerprint density at radius 3 is 2.45 bits per heavy atom. The van der Waals surface area contributed by atoms with Crippen LogP contribution in [-0.2, 0) is 10.8 Å². The summed E-state index contributed by atoms with van der Waals surface area (Å²) in [4.78, 5) is 2.48. The third-order valence-corrected chi connectivity index (χ3v) is 6.80. The lowest BCUT2D eigenvalue weighted by Gasteiger charge is -2.27. The van der Waals surface area contributed by atoms with Crippen LogP contribution in [0.2, 0.25) is 0 Å². The zero-order chi connectivity index (χ0) is 23.9. The minimum absolute atomic E-state index is 0.00772. The molecule has 1 aliphatic heterocycles. The number of rotatable bonds is 10. The van der Waals surface area contributed by atoms with Gasteiger partial charge in [-0.1, -0.05) is 88.4 Å². The van der Waals surface area contributed by atoms with E-state index in [-0.39, 0.29) is 10.8 Å². The molecule has 0 fully saturated rings. The quantitative estimate of drug-likeness (QED) is 0.309. The lowest BCUT2D eigenvalue weighted by Crippen LogP contribution is -2.27. The molecule has 0 spiro atoms. The number of nitrogens with one attached hydrogen (secondary N) is 1. The third-order valence-electron chi connectivity index (χ3n) is 6.80. The molecule has 3 rings (SSSR count). The van der Waals surface area contributed by atoms with E-state index in [1.54, 1.807) is 0 Å². The van der Waals surface area contributed by atoms with Gasteiger partial charge in [0.25, 0.3) is 0 Å². The summed E-state index contributed by atoms with van der Waals surface area (Å²) >= 11 is 0. The molecule has 0 bridgehead atoms. The molecule has 0 aromatic heterocycles. The number of hydrogen-bond acceptors (Lipinski definition) is 3. The number of fused-ring (bicyclic) bond motifs is 1. The summed E-state index contributed by atoms with van der Waals surface area (Å²) in [6.07, 6.45) is 14.2. The molecular weight excluding hydrogens is 402 g/mol. The largest absolute Gasteiger partial charge is 0.388 e. The zero-order valence-corrected chi connectivity index (χ0v) is 21.1. The number of benzene rings is 2. The summed E-state index contributed by atoms with van der Waals surface area (Å²) in [5.41, 5.74) is 12.5. The van der Waals surface area contributed by atoms with E-state index in [0.29, 0.717) is 0 Å². The van der Waals surface area contributed by atoms with Gasteiger partial charge in [0.1, 0.15) is 0 Å². The fraction of sp³-hybridized carbons (Fsp3) is 0.400. The summed E-state index contributed by atoms with van der Waals surface area (Å²) in [6.45, 7) is 11.0. The second-order valence-electron chi connectivity index (χ2n) is 10.0. The number of hydrogen-bond donors (Lipinski definition) is 2. The molecule has 176 valence electrons. The second-order valence-corrected chi connectivity index (χ2v) is 10.0. The lowest BCUT2D eigenvalue weighted by molar-refractivity contribution is 0.536. The number of nitrogens with two attached hydrogens (primary N) is 1.